The van der Waals surface area contributed by atoms with Gasteiger partial charge >= 0.3 is 0 Å². The molecule has 0 saturated carbocycles. The monoisotopic (exact) mass is 315 g/mol. The van der Waals surface area contributed by atoms with Gasteiger partial charge in [0.05, 0.1) is 14.2 Å². The summed E-state index contributed by atoms with van der Waals surface area (Å²) in [6.45, 7) is 0.828. The van der Waals surface area contributed by atoms with Crippen LogP contribution in [0.15, 0.2) is 48.5 Å². The number of rotatable bonds is 4. The van der Waals surface area contributed by atoms with Crippen LogP contribution in [-0.4, -0.2) is 25.9 Å². The van der Waals surface area contributed by atoms with E-state index in [1.165, 1.54) is 0 Å². The van der Waals surface area contributed by atoms with E-state index in [0.717, 1.165) is 35.7 Å². The third kappa shape index (κ3) is 3.13. The molecule has 1 aliphatic heterocycles. The number of methoxy groups -OCH3 is 2. The smallest absolute Gasteiger partial charge is 0.164 e. The maximum Gasteiger partial charge on any atom is 0.164 e. The summed E-state index contributed by atoms with van der Waals surface area (Å²) in [5.41, 5.74) is 0.916. The molecule has 0 aromatic heterocycles. The Balaban J connectivity index is 0.00000192. The second kappa shape index (κ2) is 6.92. The van der Waals surface area contributed by atoms with Crippen molar-refractivity contribution in [3.8, 4) is 11.5 Å². The maximum absolute atomic E-state index is 11.2. The number of aliphatic hydroxyl groups is 1. The van der Waals surface area contributed by atoms with Gasteiger partial charge in [0.15, 0.2) is 5.72 Å². The Labute approximate surface area is 138 Å². The molecule has 3 rings (SSSR count). The molecule has 1 saturated heterocycles. The molecular weight excluding hydrogens is 290 g/mol. The van der Waals surface area contributed by atoms with E-state index in [1.54, 1.807) is 14.2 Å². The minimum absolute atomic E-state index is 0. The van der Waals surface area contributed by atoms with Gasteiger partial charge < -0.3 is 19.5 Å². The van der Waals surface area contributed by atoms with Gasteiger partial charge in [-0.2, -0.15) is 0 Å². The van der Waals surface area contributed by atoms with Gasteiger partial charge in [-0.3, -0.25) is 0 Å². The molecule has 0 amide bonds. The van der Waals surface area contributed by atoms with Crippen molar-refractivity contribution in [3.05, 3.63) is 54.1 Å². The van der Waals surface area contributed by atoms with Gasteiger partial charge in [0, 0.05) is 24.2 Å². The molecule has 0 bridgehead atoms. The summed E-state index contributed by atoms with van der Waals surface area (Å²) in [7, 11) is 3.29. The minimum atomic E-state index is -0.971. The van der Waals surface area contributed by atoms with Crippen LogP contribution in [0.4, 0.5) is 5.69 Å². The van der Waals surface area contributed by atoms with Crippen LogP contribution >= 0.6 is 0 Å². The molecule has 1 N–H and O–H groups in total. The molecular formula is C19H25NO3. The lowest BCUT2D eigenvalue weighted by atomic mass is 9.99. The second-order valence-corrected chi connectivity index (χ2v) is 5.50. The quantitative estimate of drug-likeness (QED) is 0.932. The minimum Gasteiger partial charge on any atom is -0.497 e. The van der Waals surface area contributed by atoms with Crippen molar-refractivity contribution in [1.82, 2.24) is 0 Å². The lowest BCUT2D eigenvalue weighted by Gasteiger charge is -2.36. The van der Waals surface area contributed by atoms with E-state index in [9.17, 15) is 5.11 Å². The predicted octanol–water partition coefficient (Wildman–Crippen LogP) is 3.79. The van der Waals surface area contributed by atoms with Crippen LogP contribution in [-0.2, 0) is 5.72 Å². The number of hydrogen-bond donors (Lipinski definition) is 1. The highest BCUT2D eigenvalue weighted by molar-refractivity contribution is 5.53. The van der Waals surface area contributed by atoms with Gasteiger partial charge in [0.2, 0.25) is 0 Å². The van der Waals surface area contributed by atoms with Gasteiger partial charge in [0.1, 0.15) is 11.5 Å². The summed E-state index contributed by atoms with van der Waals surface area (Å²) in [5, 5.41) is 11.2. The fourth-order valence-electron chi connectivity index (χ4n) is 3.07. The van der Waals surface area contributed by atoms with Crippen LogP contribution in [0.1, 0.15) is 25.8 Å². The molecule has 0 spiro atoms. The third-order valence-electron chi connectivity index (χ3n) is 4.29. The van der Waals surface area contributed by atoms with E-state index in [-0.39, 0.29) is 7.43 Å². The fraction of sp³-hybridized carbons (Fsp3) is 0.368. The molecule has 4 heteroatoms. The second-order valence-electron chi connectivity index (χ2n) is 5.50. The summed E-state index contributed by atoms with van der Waals surface area (Å²) in [6.07, 6.45) is 1.67. The van der Waals surface area contributed by atoms with Crippen molar-refractivity contribution in [2.75, 3.05) is 25.7 Å². The van der Waals surface area contributed by atoms with Gasteiger partial charge in [-0.05, 0) is 42.8 Å². The van der Waals surface area contributed by atoms with Crippen LogP contribution in [0.25, 0.3) is 0 Å². The summed E-state index contributed by atoms with van der Waals surface area (Å²) in [5.74, 6) is 1.61. The molecule has 0 aliphatic carbocycles. The number of nitrogens with zero attached hydrogens (tertiary/aromatic N) is 1. The fourth-order valence-corrected chi connectivity index (χ4v) is 3.07. The predicted molar refractivity (Wildman–Crippen MR) is 93.2 cm³/mol. The van der Waals surface area contributed by atoms with Gasteiger partial charge in [-0.1, -0.05) is 19.6 Å². The molecule has 23 heavy (non-hydrogen) atoms. The third-order valence-corrected chi connectivity index (χ3v) is 4.29. The Morgan fingerprint density at radius 2 is 1.43 bits per heavy atom. The van der Waals surface area contributed by atoms with Gasteiger partial charge in [-0.25, -0.2) is 0 Å². The van der Waals surface area contributed by atoms with Crippen molar-refractivity contribution in [1.29, 1.82) is 0 Å². The summed E-state index contributed by atoms with van der Waals surface area (Å²) < 4.78 is 10.4. The van der Waals surface area contributed by atoms with Crippen LogP contribution in [0.5, 0.6) is 11.5 Å². The van der Waals surface area contributed by atoms with E-state index in [1.807, 2.05) is 53.4 Å². The summed E-state index contributed by atoms with van der Waals surface area (Å²) in [4.78, 5) is 2.05. The molecule has 1 atom stereocenters. The van der Waals surface area contributed by atoms with Gasteiger partial charge in [0.25, 0.3) is 0 Å². The average Bonchev–Trinajstić information content (AvgIpc) is 2.98. The van der Waals surface area contributed by atoms with Crippen LogP contribution < -0.4 is 14.4 Å². The molecule has 2 aromatic carbocycles. The first kappa shape index (κ1) is 17.2. The normalized spacial score (nSPS) is 20.0. The lowest BCUT2D eigenvalue weighted by Crippen LogP contribution is -2.41. The van der Waals surface area contributed by atoms with E-state index >= 15 is 0 Å². The highest BCUT2D eigenvalue weighted by Gasteiger charge is 2.40. The topological polar surface area (TPSA) is 41.9 Å². The molecule has 1 heterocycles. The molecule has 4 nitrogen and oxygen atoms in total. The molecule has 1 aliphatic rings. The molecule has 1 unspecified atom stereocenters. The van der Waals surface area contributed by atoms with Crippen molar-refractivity contribution in [2.24, 2.45) is 0 Å². The zero-order chi connectivity index (χ0) is 15.6. The van der Waals surface area contributed by atoms with E-state index < -0.39 is 5.72 Å². The Bertz CT molecular complexity index is 624. The first-order valence-corrected chi connectivity index (χ1v) is 7.46. The Kier molecular flexibility index (Phi) is 5.16. The van der Waals surface area contributed by atoms with E-state index in [2.05, 4.69) is 0 Å². The van der Waals surface area contributed by atoms with Crippen LogP contribution in [0.3, 0.4) is 0 Å². The first-order chi connectivity index (χ1) is 10.7. The standard InChI is InChI=1S/C18H21NO3.CH4/c1-21-16-8-4-14(5-9-16)18(20)12-3-13-19(18)15-6-10-17(22-2)11-7-15;/h4-11,20H,3,12-13H2,1-2H3;1H4. The Morgan fingerprint density at radius 3 is 1.96 bits per heavy atom. The number of benzene rings is 2. The van der Waals surface area contributed by atoms with Crippen molar-refractivity contribution in [2.45, 2.75) is 26.0 Å². The van der Waals surface area contributed by atoms with Crippen molar-refractivity contribution < 1.29 is 14.6 Å². The maximum atomic E-state index is 11.2. The van der Waals surface area contributed by atoms with Gasteiger partial charge in [-0.15, -0.1) is 0 Å². The molecule has 1 fully saturated rings. The number of anilines is 1. The van der Waals surface area contributed by atoms with E-state index in [4.69, 9.17) is 9.47 Å². The number of hydrogen-bond acceptors (Lipinski definition) is 4. The molecule has 2 aromatic rings. The average molecular weight is 315 g/mol. The highest BCUT2D eigenvalue weighted by atomic mass is 16.5. The lowest BCUT2D eigenvalue weighted by molar-refractivity contribution is 0.0479. The summed E-state index contributed by atoms with van der Waals surface area (Å²) >= 11 is 0. The first-order valence-electron chi connectivity index (χ1n) is 7.46. The zero-order valence-corrected chi connectivity index (χ0v) is 13.0. The van der Waals surface area contributed by atoms with Crippen molar-refractivity contribution >= 4 is 5.69 Å². The van der Waals surface area contributed by atoms with Crippen molar-refractivity contribution in [3.63, 3.8) is 0 Å². The number of ether oxygens (including phenoxy) is 2. The Morgan fingerprint density at radius 1 is 0.913 bits per heavy atom. The zero-order valence-electron chi connectivity index (χ0n) is 13.0. The SMILES string of the molecule is C.COc1ccc(N2CCCC2(O)c2ccc(OC)cc2)cc1. The molecule has 124 valence electrons. The van der Waals surface area contributed by atoms with Crippen LogP contribution in [0.2, 0.25) is 0 Å². The Hall–Kier alpha value is -2.20. The van der Waals surface area contributed by atoms with E-state index in [0.29, 0.717) is 6.42 Å². The van der Waals surface area contributed by atoms with Crippen LogP contribution in [0, 0.1) is 0 Å². The molecule has 0 radical (unpaired) electrons. The highest BCUT2D eigenvalue weighted by Crippen LogP contribution is 2.40. The summed E-state index contributed by atoms with van der Waals surface area (Å²) in [6, 6.07) is 15.4. The largest absolute Gasteiger partial charge is 0.497 e.